The van der Waals surface area contributed by atoms with Gasteiger partial charge in [-0.15, -0.1) is 0 Å². The monoisotopic (exact) mass is 338 g/mol. The van der Waals surface area contributed by atoms with Crippen molar-refractivity contribution in [1.29, 1.82) is 0 Å². The van der Waals surface area contributed by atoms with E-state index in [1.165, 1.54) is 6.20 Å². The third-order valence-electron chi connectivity index (χ3n) is 1.47. The lowest BCUT2D eigenvalue weighted by Crippen LogP contribution is -2.27. The summed E-state index contributed by atoms with van der Waals surface area (Å²) < 4.78 is 18.4. The minimum absolute atomic E-state index is 0.301. The maximum absolute atomic E-state index is 13.1. The predicted octanol–water partition coefficient (Wildman–Crippen LogP) is 3.17. The van der Waals surface area contributed by atoms with Gasteiger partial charge in [0.15, 0.2) is 5.82 Å². The van der Waals surface area contributed by atoms with Crippen molar-refractivity contribution in [2.24, 2.45) is 0 Å². The number of pyridine rings is 1. The Hall–Kier alpha value is -0.920. The Labute approximate surface area is 107 Å². The van der Waals surface area contributed by atoms with Gasteiger partial charge >= 0.3 is 6.09 Å². The molecule has 0 atom stereocenters. The third kappa shape index (κ3) is 3.92. The van der Waals surface area contributed by atoms with E-state index in [0.29, 0.717) is 9.26 Å². The van der Waals surface area contributed by atoms with Gasteiger partial charge in [-0.05, 0) is 43.4 Å². The van der Waals surface area contributed by atoms with Crippen LogP contribution in [-0.2, 0) is 4.74 Å². The molecule has 1 amide bonds. The molecule has 1 N–H and O–H groups in total. The normalized spacial score (nSPS) is 11.1. The van der Waals surface area contributed by atoms with E-state index >= 15 is 0 Å². The van der Waals surface area contributed by atoms with Gasteiger partial charge in [0.25, 0.3) is 0 Å². The number of halogens is 2. The maximum atomic E-state index is 13.1. The van der Waals surface area contributed by atoms with Gasteiger partial charge in [-0.3, -0.25) is 10.3 Å². The number of amides is 1. The second kappa shape index (κ2) is 4.94. The fourth-order valence-electron chi connectivity index (χ4n) is 0.920. The summed E-state index contributed by atoms with van der Waals surface area (Å²) in [7, 11) is 0. The standard InChI is InChI=1S/C10H12FIN2O2/c1-10(2,3)16-9(15)14-7-5-13-4-6(11)8(7)12/h4-5H,1-3H3,(H,14,15). The van der Waals surface area contributed by atoms with Crippen LogP contribution in [0.1, 0.15) is 20.8 Å². The van der Waals surface area contributed by atoms with E-state index in [2.05, 4.69) is 10.3 Å². The average molecular weight is 338 g/mol. The molecule has 0 bridgehead atoms. The summed E-state index contributed by atoms with van der Waals surface area (Å²) in [4.78, 5) is 15.0. The Morgan fingerprint density at radius 1 is 1.50 bits per heavy atom. The zero-order valence-electron chi connectivity index (χ0n) is 9.17. The number of hydrogen-bond donors (Lipinski definition) is 1. The quantitative estimate of drug-likeness (QED) is 0.801. The molecule has 6 heteroatoms. The Balaban J connectivity index is 2.74. The van der Waals surface area contributed by atoms with Crippen molar-refractivity contribution in [2.75, 3.05) is 5.32 Å². The molecule has 0 radical (unpaired) electrons. The Bertz CT molecular complexity index is 404. The number of carbonyl (C=O) groups is 1. The smallest absolute Gasteiger partial charge is 0.412 e. The second-order valence-corrected chi connectivity index (χ2v) is 5.19. The average Bonchev–Trinajstić information content (AvgIpc) is 2.09. The summed E-state index contributed by atoms with van der Waals surface area (Å²) >= 11 is 1.79. The number of ether oxygens (including phenoxy) is 1. The molecular weight excluding hydrogens is 326 g/mol. The molecule has 0 unspecified atom stereocenters. The van der Waals surface area contributed by atoms with Gasteiger partial charge in [0.05, 0.1) is 21.7 Å². The van der Waals surface area contributed by atoms with Crippen LogP contribution in [0.4, 0.5) is 14.9 Å². The number of nitrogens with one attached hydrogen (secondary N) is 1. The molecule has 0 saturated carbocycles. The molecule has 0 aliphatic carbocycles. The van der Waals surface area contributed by atoms with Gasteiger partial charge in [0, 0.05) is 0 Å². The lowest BCUT2D eigenvalue weighted by Gasteiger charge is -2.19. The molecule has 0 aromatic carbocycles. The van der Waals surface area contributed by atoms with E-state index in [-0.39, 0.29) is 0 Å². The van der Waals surface area contributed by atoms with E-state index in [0.717, 1.165) is 6.20 Å². The van der Waals surface area contributed by atoms with E-state index in [9.17, 15) is 9.18 Å². The SMILES string of the molecule is CC(C)(C)OC(=O)Nc1cncc(F)c1I. The van der Waals surface area contributed by atoms with Gasteiger partial charge in [0.1, 0.15) is 5.60 Å². The molecule has 0 aliphatic heterocycles. The maximum Gasteiger partial charge on any atom is 0.412 e. The molecule has 88 valence electrons. The van der Waals surface area contributed by atoms with E-state index in [1.807, 2.05) is 0 Å². The van der Waals surface area contributed by atoms with Crippen LogP contribution in [0.3, 0.4) is 0 Å². The highest BCUT2D eigenvalue weighted by atomic mass is 127. The number of carbonyl (C=O) groups excluding carboxylic acids is 1. The Kier molecular flexibility index (Phi) is 4.06. The van der Waals surface area contributed by atoms with Crippen molar-refractivity contribution in [3.63, 3.8) is 0 Å². The fraction of sp³-hybridized carbons (Fsp3) is 0.400. The van der Waals surface area contributed by atoms with E-state index in [4.69, 9.17) is 4.74 Å². The first-order valence-corrected chi connectivity index (χ1v) is 5.66. The molecule has 1 aromatic heterocycles. The highest BCUT2D eigenvalue weighted by Crippen LogP contribution is 2.20. The van der Waals surface area contributed by atoms with Crippen molar-refractivity contribution >= 4 is 34.4 Å². The van der Waals surface area contributed by atoms with Crippen LogP contribution in [0.15, 0.2) is 12.4 Å². The van der Waals surface area contributed by atoms with E-state index < -0.39 is 17.5 Å². The number of anilines is 1. The highest BCUT2D eigenvalue weighted by Gasteiger charge is 2.17. The molecule has 0 spiro atoms. The number of hydrogen-bond acceptors (Lipinski definition) is 3. The molecule has 0 fully saturated rings. The second-order valence-electron chi connectivity index (χ2n) is 4.11. The minimum atomic E-state index is -0.627. The predicted molar refractivity (Wildman–Crippen MR) is 66.8 cm³/mol. The van der Waals surface area contributed by atoms with Crippen LogP contribution in [0.5, 0.6) is 0 Å². The fourth-order valence-corrected chi connectivity index (χ4v) is 1.33. The van der Waals surface area contributed by atoms with Crippen molar-refractivity contribution in [3.05, 3.63) is 21.8 Å². The first-order valence-electron chi connectivity index (χ1n) is 4.58. The largest absolute Gasteiger partial charge is 0.444 e. The highest BCUT2D eigenvalue weighted by molar-refractivity contribution is 14.1. The summed E-state index contributed by atoms with van der Waals surface area (Å²) in [6, 6.07) is 0. The summed E-state index contributed by atoms with van der Waals surface area (Å²) in [5.41, 5.74) is -0.286. The molecule has 1 heterocycles. The van der Waals surface area contributed by atoms with Gasteiger partial charge in [-0.2, -0.15) is 0 Å². The van der Waals surface area contributed by atoms with Crippen molar-refractivity contribution in [2.45, 2.75) is 26.4 Å². The van der Waals surface area contributed by atoms with Crippen LogP contribution < -0.4 is 5.32 Å². The Morgan fingerprint density at radius 3 is 2.69 bits per heavy atom. The van der Waals surface area contributed by atoms with Crippen molar-refractivity contribution in [1.82, 2.24) is 4.98 Å². The molecule has 4 nitrogen and oxygen atoms in total. The summed E-state index contributed by atoms with van der Waals surface area (Å²) in [5, 5.41) is 2.44. The van der Waals surface area contributed by atoms with Crippen LogP contribution >= 0.6 is 22.6 Å². The third-order valence-corrected chi connectivity index (χ3v) is 2.57. The Morgan fingerprint density at radius 2 is 2.12 bits per heavy atom. The number of rotatable bonds is 1. The molecule has 1 aromatic rings. The minimum Gasteiger partial charge on any atom is -0.444 e. The molecule has 0 aliphatic rings. The van der Waals surface area contributed by atoms with Crippen LogP contribution in [-0.4, -0.2) is 16.7 Å². The molecular formula is C10H12FIN2O2. The lowest BCUT2D eigenvalue weighted by atomic mass is 10.2. The van der Waals surface area contributed by atoms with Gasteiger partial charge in [0.2, 0.25) is 0 Å². The topological polar surface area (TPSA) is 51.2 Å². The van der Waals surface area contributed by atoms with Gasteiger partial charge in [-0.25, -0.2) is 9.18 Å². The first kappa shape index (κ1) is 13.1. The summed E-state index contributed by atoms with van der Waals surface area (Å²) in [5.74, 6) is -0.478. The van der Waals surface area contributed by atoms with Gasteiger partial charge in [-0.1, -0.05) is 0 Å². The molecule has 0 saturated heterocycles. The van der Waals surface area contributed by atoms with Crippen molar-refractivity contribution in [3.8, 4) is 0 Å². The summed E-state index contributed by atoms with van der Waals surface area (Å²) in [6.07, 6.45) is 1.83. The van der Waals surface area contributed by atoms with Crippen LogP contribution in [0, 0.1) is 9.39 Å². The lowest BCUT2D eigenvalue weighted by molar-refractivity contribution is 0.0636. The zero-order valence-corrected chi connectivity index (χ0v) is 11.3. The first-order chi connectivity index (χ1) is 7.29. The van der Waals surface area contributed by atoms with E-state index in [1.54, 1.807) is 43.4 Å². The zero-order chi connectivity index (χ0) is 12.3. The van der Waals surface area contributed by atoms with Gasteiger partial charge < -0.3 is 4.74 Å². The van der Waals surface area contributed by atoms with Crippen LogP contribution in [0.25, 0.3) is 0 Å². The number of aromatic nitrogens is 1. The van der Waals surface area contributed by atoms with Crippen molar-refractivity contribution < 1.29 is 13.9 Å². The van der Waals surface area contributed by atoms with Crippen LogP contribution in [0.2, 0.25) is 0 Å². The molecule has 16 heavy (non-hydrogen) atoms. The summed E-state index contributed by atoms with van der Waals surface area (Å²) in [6.45, 7) is 5.25. The number of nitrogens with zero attached hydrogens (tertiary/aromatic N) is 1. The molecule has 1 rings (SSSR count).